The van der Waals surface area contributed by atoms with Crippen molar-refractivity contribution >= 4 is 12.0 Å². The Bertz CT molecular complexity index is 462. The lowest BCUT2D eigenvalue weighted by Gasteiger charge is -2.18. The van der Waals surface area contributed by atoms with Crippen LogP contribution >= 0.6 is 0 Å². The van der Waals surface area contributed by atoms with E-state index in [1.165, 1.54) is 4.90 Å². The second-order valence-electron chi connectivity index (χ2n) is 4.41. The van der Waals surface area contributed by atoms with Crippen molar-refractivity contribution in [1.82, 2.24) is 10.2 Å². The van der Waals surface area contributed by atoms with Gasteiger partial charge in [0.05, 0.1) is 13.0 Å². The molecule has 0 aliphatic rings. The predicted molar refractivity (Wildman–Crippen MR) is 74.5 cm³/mol. The first kappa shape index (κ1) is 16.0. The molecule has 0 aromatic heterocycles. The van der Waals surface area contributed by atoms with E-state index in [1.807, 2.05) is 12.1 Å². The van der Waals surface area contributed by atoms with Crippen LogP contribution in [0.2, 0.25) is 0 Å². The highest BCUT2D eigenvalue weighted by Crippen LogP contribution is 2.09. The number of benzene rings is 1. The summed E-state index contributed by atoms with van der Waals surface area (Å²) < 4.78 is 4.90. The maximum Gasteiger partial charge on any atom is 0.317 e. The van der Waals surface area contributed by atoms with Crippen molar-refractivity contribution in [1.29, 1.82) is 0 Å². The van der Waals surface area contributed by atoms with E-state index in [0.29, 0.717) is 25.3 Å². The van der Waals surface area contributed by atoms with Crippen LogP contribution in [0.1, 0.15) is 11.1 Å². The zero-order valence-corrected chi connectivity index (χ0v) is 11.8. The Balaban J connectivity index is 2.56. The van der Waals surface area contributed by atoms with Crippen LogP contribution < -0.4 is 5.32 Å². The minimum atomic E-state index is -0.888. The molecule has 0 heterocycles. The summed E-state index contributed by atoms with van der Waals surface area (Å²) >= 11 is 0. The third-order valence-electron chi connectivity index (χ3n) is 2.87. The number of carbonyl (C=O) groups excluding carboxylic acids is 1. The van der Waals surface area contributed by atoms with E-state index in [1.54, 1.807) is 26.3 Å². The monoisotopic (exact) mass is 280 g/mol. The molecule has 0 radical (unpaired) electrons. The number of hydrogen-bond donors (Lipinski definition) is 2. The summed E-state index contributed by atoms with van der Waals surface area (Å²) in [5.74, 6) is -0.888. The molecule has 0 atom stereocenters. The number of carboxylic acids is 1. The Morgan fingerprint density at radius 1 is 1.30 bits per heavy atom. The number of nitrogens with zero attached hydrogens (tertiary/aromatic N) is 1. The third kappa shape index (κ3) is 5.27. The normalized spacial score (nSPS) is 10.1. The minimum Gasteiger partial charge on any atom is -0.481 e. The number of carbonyl (C=O) groups is 2. The number of urea groups is 1. The maximum absolute atomic E-state index is 11.8. The van der Waals surface area contributed by atoms with Gasteiger partial charge in [-0.2, -0.15) is 0 Å². The van der Waals surface area contributed by atoms with E-state index in [4.69, 9.17) is 9.84 Å². The molecule has 2 N–H and O–H groups in total. The van der Waals surface area contributed by atoms with Crippen LogP contribution in [0.15, 0.2) is 24.3 Å². The largest absolute Gasteiger partial charge is 0.481 e. The molecule has 0 fully saturated rings. The fourth-order valence-electron chi connectivity index (χ4n) is 1.70. The van der Waals surface area contributed by atoms with Gasteiger partial charge in [0.15, 0.2) is 0 Å². The lowest BCUT2D eigenvalue weighted by molar-refractivity contribution is -0.136. The van der Waals surface area contributed by atoms with Crippen molar-refractivity contribution in [3.05, 3.63) is 35.4 Å². The molecule has 0 aliphatic heterocycles. The molecular weight excluding hydrogens is 260 g/mol. The average Bonchev–Trinajstić information content (AvgIpc) is 2.42. The molecular formula is C14H20N2O4. The number of rotatable bonds is 7. The van der Waals surface area contributed by atoms with Crippen molar-refractivity contribution in [2.75, 3.05) is 27.3 Å². The standard InChI is InChI=1S/C14H20N2O4/c1-16(7-8-20-2)14(19)15-10-12-6-4-3-5-11(12)9-13(17)18/h3-6H,7-10H2,1-2H3,(H,15,19)(H,17,18). The van der Waals surface area contributed by atoms with Crippen molar-refractivity contribution in [3.63, 3.8) is 0 Å². The van der Waals surface area contributed by atoms with Crippen LogP contribution in [0.25, 0.3) is 0 Å². The van der Waals surface area contributed by atoms with Crippen molar-refractivity contribution in [3.8, 4) is 0 Å². The number of nitrogens with one attached hydrogen (secondary N) is 1. The molecule has 0 bridgehead atoms. The van der Waals surface area contributed by atoms with Gasteiger partial charge in [-0.05, 0) is 11.1 Å². The molecule has 110 valence electrons. The van der Waals surface area contributed by atoms with E-state index in [9.17, 15) is 9.59 Å². The number of hydrogen-bond acceptors (Lipinski definition) is 3. The van der Waals surface area contributed by atoms with E-state index < -0.39 is 5.97 Å². The van der Waals surface area contributed by atoms with Gasteiger partial charge in [-0.25, -0.2) is 4.79 Å². The molecule has 1 aromatic carbocycles. The van der Waals surface area contributed by atoms with Crippen LogP contribution in [0.4, 0.5) is 4.79 Å². The molecule has 0 saturated heterocycles. The fraction of sp³-hybridized carbons (Fsp3) is 0.429. The summed E-state index contributed by atoms with van der Waals surface area (Å²) in [6.07, 6.45) is -0.0500. The SMILES string of the molecule is COCCN(C)C(=O)NCc1ccccc1CC(=O)O. The van der Waals surface area contributed by atoms with E-state index >= 15 is 0 Å². The first-order valence-electron chi connectivity index (χ1n) is 6.31. The van der Waals surface area contributed by atoms with Crippen LogP contribution in [0, 0.1) is 0 Å². The van der Waals surface area contributed by atoms with Gasteiger partial charge in [0, 0.05) is 27.2 Å². The third-order valence-corrected chi connectivity index (χ3v) is 2.87. The maximum atomic E-state index is 11.8. The van der Waals surface area contributed by atoms with Gasteiger partial charge >= 0.3 is 12.0 Å². The zero-order chi connectivity index (χ0) is 15.0. The first-order chi connectivity index (χ1) is 9.54. The molecule has 0 spiro atoms. The highest BCUT2D eigenvalue weighted by Gasteiger charge is 2.10. The van der Waals surface area contributed by atoms with Gasteiger partial charge in [0.25, 0.3) is 0 Å². The van der Waals surface area contributed by atoms with Crippen LogP contribution in [-0.2, 0) is 22.5 Å². The van der Waals surface area contributed by atoms with Crippen molar-refractivity contribution < 1.29 is 19.4 Å². The number of likely N-dealkylation sites (N-methyl/N-ethyl adjacent to an activating group) is 1. The summed E-state index contributed by atoms with van der Waals surface area (Å²) in [5.41, 5.74) is 1.52. The number of amides is 2. The number of carboxylic acid groups (broad SMARTS) is 1. The quantitative estimate of drug-likeness (QED) is 0.784. The molecule has 0 saturated carbocycles. The summed E-state index contributed by atoms with van der Waals surface area (Å²) in [6.45, 7) is 1.28. The number of ether oxygens (including phenoxy) is 1. The molecule has 20 heavy (non-hydrogen) atoms. The summed E-state index contributed by atoms with van der Waals surface area (Å²) in [7, 11) is 3.26. The van der Waals surface area contributed by atoms with Gasteiger partial charge in [0.1, 0.15) is 0 Å². The molecule has 1 rings (SSSR count). The van der Waals surface area contributed by atoms with Gasteiger partial charge in [-0.15, -0.1) is 0 Å². The van der Waals surface area contributed by atoms with Gasteiger partial charge in [-0.1, -0.05) is 24.3 Å². The zero-order valence-electron chi connectivity index (χ0n) is 11.8. The summed E-state index contributed by atoms with van der Waals surface area (Å²) in [4.78, 5) is 24.1. The Labute approximate surface area is 118 Å². The average molecular weight is 280 g/mol. The second kappa shape index (κ2) is 8.16. The Hall–Kier alpha value is -2.08. The first-order valence-corrected chi connectivity index (χ1v) is 6.31. The summed E-state index contributed by atoms with van der Waals surface area (Å²) in [6, 6.07) is 6.96. The highest BCUT2D eigenvalue weighted by atomic mass is 16.5. The van der Waals surface area contributed by atoms with E-state index in [2.05, 4.69) is 5.32 Å². The van der Waals surface area contributed by atoms with Crippen LogP contribution in [0.5, 0.6) is 0 Å². The molecule has 1 aromatic rings. The van der Waals surface area contributed by atoms with Gasteiger partial charge < -0.3 is 20.1 Å². The minimum absolute atomic E-state index is 0.0500. The van der Waals surface area contributed by atoms with E-state index in [-0.39, 0.29) is 12.5 Å². The van der Waals surface area contributed by atoms with E-state index in [0.717, 1.165) is 5.56 Å². The van der Waals surface area contributed by atoms with Crippen molar-refractivity contribution in [2.24, 2.45) is 0 Å². The Morgan fingerprint density at radius 2 is 1.95 bits per heavy atom. The summed E-state index contributed by atoms with van der Waals surface area (Å²) in [5, 5.41) is 11.6. The lowest BCUT2D eigenvalue weighted by atomic mass is 10.0. The predicted octanol–water partition coefficient (Wildman–Crippen LogP) is 1.10. The van der Waals surface area contributed by atoms with Crippen LogP contribution in [-0.4, -0.2) is 49.3 Å². The Kier molecular flexibility index (Phi) is 6.52. The molecule has 6 heteroatoms. The molecule has 2 amide bonds. The Morgan fingerprint density at radius 3 is 2.55 bits per heavy atom. The number of methoxy groups -OCH3 is 1. The van der Waals surface area contributed by atoms with Crippen molar-refractivity contribution in [2.45, 2.75) is 13.0 Å². The molecule has 0 unspecified atom stereocenters. The van der Waals surface area contributed by atoms with Gasteiger partial charge in [0.2, 0.25) is 0 Å². The second-order valence-corrected chi connectivity index (χ2v) is 4.41. The fourth-order valence-corrected chi connectivity index (χ4v) is 1.70. The van der Waals surface area contributed by atoms with Crippen LogP contribution in [0.3, 0.4) is 0 Å². The smallest absolute Gasteiger partial charge is 0.317 e. The van der Waals surface area contributed by atoms with Gasteiger partial charge in [-0.3, -0.25) is 4.79 Å². The lowest BCUT2D eigenvalue weighted by Crippen LogP contribution is -2.38. The number of aliphatic carboxylic acids is 1. The molecule has 0 aliphatic carbocycles. The topological polar surface area (TPSA) is 78.9 Å². The molecule has 6 nitrogen and oxygen atoms in total. The highest BCUT2D eigenvalue weighted by molar-refractivity contribution is 5.74.